The molecule has 0 aliphatic rings. The van der Waals surface area contributed by atoms with Gasteiger partial charge in [-0.1, -0.05) is 13.0 Å². The quantitative estimate of drug-likeness (QED) is 0.777. The Morgan fingerprint density at radius 2 is 2.19 bits per heavy atom. The predicted octanol–water partition coefficient (Wildman–Crippen LogP) is 1.03. The number of anilines is 1. The Hall–Kier alpha value is -1.71. The molecule has 88 valence electrons. The van der Waals surface area contributed by atoms with Crippen molar-refractivity contribution in [1.82, 2.24) is 0 Å². The molecule has 0 fully saturated rings. The van der Waals surface area contributed by atoms with E-state index in [1.165, 1.54) is 0 Å². The highest BCUT2D eigenvalue weighted by atomic mass is 16.5. The average Bonchev–Trinajstić information content (AvgIpc) is 2.56. The van der Waals surface area contributed by atoms with Crippen LogP contribution in [0.15, 0.2) is 4.42 Å². The molecule has 0 aliphatic carbocycles. The first-order valence-electron chi connectivity index (χ1n) is 5.37. The zero-order chi connectivity index (χ0) is 12.1. The van der Waals surface area contributed by atoms with Crippen molar-refractivity contribution >= 4 is 23.8 Å². The van der Waals surface area contributed by atoms with Gasteiger partial charge in [0, 0.05) is 5.22 Å². The fourth-order valence-electron chi connectivity index (χ4n) is 1.46. The Morgan fingerprint density at radius 3 is 2.69 bits per heavy atom. The Kier molecular flexibility index (Phi) is 4.17. The first-order valence-corrected chi connectivity index (χ1v) is 5.37. The highest BCUT2D eigenvalue weighted by Gasteiger charge is 2.17. The minimum atomic E-state index is -0.515. The minimum absolute atomic E-state index is 0.0923. The number of esters is 1. The maximum absolute atomic E-state index is 11.5. The first kappa shape index (κ1) is 12.4. The summed E-state index contributed by atoms with van der Waals surface area (Å²) in [7, 11) is 0. The zero-order valence-electron chi connectivity index (χ0n) is 9.87. The Bertz CT molecular complexity index is 485. The van der Waals surface area contributed by atoms with Gasteiger partial charge in [-0.2, -0.15) is 0 Å². The third-order valence-corrected chi connectivity index (χ3v) is 2.15. The van der Waals surface area contributed by atoms with E-state index in [9.17, 15) is 4.79 Å². The smallest absolute Gasteiger partial charge is 0.376 e. The molecule has 1 aromatic rings. The summed E-state index contributed by atoms with van der Waals surface area (Å²) in [5, 5.41) is 0.755. The van der Waals surface area contributed by atoms with E-state index < -0.39 is 5.97 Å². The summed E-state index contributed by atoms with van der Waals surface area (Å²) in [5.74, 6) is -0.423. The number of carbonyl (C=O) groups excluding carboxylic acids is 1. The molecule has 0 radical (unpaired) electrons. The molecule has 0 saturated heterocycles. The fourth-order valence-corrected chi connectivity index (χ4v) is 1.46. The second kappa shape index (κ2) is 5.39. The molecule has 0 aliphatic heterocycles. The Labute approximate surface area is 94.4 Å². The third-order valence-electron chi connectivity index (χ3n) is 2.15. The van der Waals surface area contributed by atoms with Crippen molar-refractivity contribution in [3.8, 4) is 0 Å². The molecular formula is C12H17NO3. The van der Waals surface area contributed by atoms with Gasteiger partial charge in [0.1, 0.15) is 5.42 Å². The Balaban J connectivity index is 3.35. The number of nitrogens with two attached hydrogens (primary N) is 1. The molecule has 1 aromatic heterocycles. The summed E-state index contributed by atoms with van der Waals surface area (Å²) in [5.41, 5.74) is 6.81. The lowest BCUT2D eigenvalue weighted by Crippen LogP contribution is -2.21. The van der Waals surface area contributed by atoms with Gasteiger partial charge in [0.25, 0.3) is 0 Å². The van der Waals surface area contributed by atoms with Gasteiger partial charge < -0.3 is 14.9 Å². The van der Waals surface area contributed by atoms with E-state index in [-0.39, 0.29) is 5.76 Å². The van der Waals surface area contributed by atoms with Gasteiger partial charge in [0.05, 0.1) is 12.3 Å². The van der Waals surface area contributed by atoms with Gasteiger partial charge in [-0.25, -0.2) is 4.79 Å². The highest BCUT2D eigenvalue weighted by Crippen LogP contribution is 2.06. The topological polar surface area (TPSA) is 65.5 Å². The minimum Gasteiger partial charge on any atom is -0.460 e. The van der Waals surface area contributed by atoms with Gasteiger partial charge >= 0.3 is 5.97 Å². The molecule has 0 spiro atoms. The maximum Gasteiger partial charge on any atom is 0.376 e. The zero-order valence-corrected chi connectivity index (χ0v) is 9.87. The summed E-state index contributed by atoms with van der Waals surface area (Å²) in [4.78, 5) is 11.5. The monoisotopic (exact) mass is 223 g/mol. The number of carbonyl (C=O) groups is 1. The summed E-state index contributed by atoms with van der Waals surface area (Å²) >= 11 is 0. The largest absolute Gasteiger partial charge is 0.460 e. The summed E-state index contributed by atoms with van der Waals surface area (Å²) < 4.78 is 10.3. The third kappa shape index (κ3) is 2.27. The van der Waals surface area contributed by atoms with Crippen LogP contribution in [-0.4, -0.2) is 12.6 Å². The van der Waals surface area contributed by atoms with Crippen LogP contribution in [0.25, 0.3) is 12.2 Å². The number of furan rings is 1. The summed E-state index contributed by atoms with van der Waals surface area (Å²) in [6.07, 6.45) is 4.52. The van der Waals surface area contributed by atoms with E-state index >= 15 is 0 Å². The van der Waals surface area contributed by atoms with E-state index in [2.05, 4.69) is 0 Å². The van der Waals surface area contributed by atoms with E-state index in [1.807, 2.05) is 26.0 Å². The maximum atomic E-state index is 11.5. The highest BCUT2D eigenvalue weighted by molar-refractivity contribution is 5.92. The van der Waals surface area contributed by atoms with Crippen molar-refractivity contribution in [2.24, 2.45) is 0 Å². The molecule has 4 nitrogen and oxygen atoms in total. The van der Waals surface area contributed by atoms with Crippen LogP contribution in [0.2, 0.25) is 0 Å². The molecule has 0 saturated carbocycles. The lowest BCUT2D eigenvalue weighted by molar-refractivity contribution is 0.0490. The summed E-state index contributed by atoms with van der Waals surface area (Å²) in [6, 6.07) is 0. The van der Waals surface area contributed by atoms with Gasteiger partial charge in [-0.15, -0.1) is 0 Å². The molecule has 1 heterocycles. The lowest BCUT2D eigenvalue weighted by Gasteiger charge is -1.97. The van der Waals surface area contributed by atoms with Crippen LogP contribution in [0.1, 0.15) is 37.7 Å². The van der Waals surface area contributed by atoms with Crippen LogP contribution < -0.4 is 16.4 Å². The van der Waals surface area contributed by atoms with E-state index in [0.717, 1.165) is 11.6 Å². The standard InChI is InChI=1S/C12H17NO3/c1-4-7-9-8(5-2)10(13)11(16-9)12(14)15-6-3/h5,7H,4,6,13H2,1-3H3. The molecule has 16 heavy (non-hydrogen) atoms. The molecule has 4 heteroatoms. The SMILES string of the molecule is CC=c1c(N)c(C(=O)OCC)oc1=CCC. The van der Waals surface area contributed by atoms with E-state index in [4.69, 9.17) is 14.9 Å². The number of hydrogen-bond donors (Lipinski definition) is 1. The second-order valence-corrected chi connectivity index (χ2v) is 3.24. The fraction of sp³-hybridized carbons (Fsp3) is 0.417. The van der Waals surface area contributed by atoms with Crippen LogP contribution in [-0.2, 0) is 4.74 Å². The molecular weight excluding hydrogens is 206 g/mol. The van der Waals surface area contributed by atoms with Gasteiger partial charge in [-0.05, 0) is 26.3 Å². The van der Waals surface area contributed by atoms with Gasteiger partial charge in [0.2, 0.25) is 5.76 Å². The van der Waals surface area contributed by atoms with Crippen molar-refractivity contribution in [2.45, 2.75) is 27.2 Å². The number of ether oxygens (including phenoxy) is 1. The molecule has 0 amide bonds. The van der Waals surface area contributed by atoms with Crippen molar-refractivity contribution < 1.29 is 13.9 Å². The van der Waals surface area contributed by atoms with E-state index in [1.54, 1.807) is 6.92 Å². The molecule has 0 bridgehead atoms. The van der Waals surface area contributed by atoms with Crippen molar-refractivity contribution in [3.63, 3.8) is 0 Å². The Morgan fingerprint density at radius 1 is 1.50 bits per heavy atom. The van der Waals surface area contributed by atoms with Crippen LogP contribution in [0.4, 0.5) is 5.69 Å². The first-order chi connectivity index (χ1) is 7.65. The van der Waals surface area contributed by atoms with Crippen molar-refractivity contribution in [1.29, 1.82) is 0 Å². The van der Waals surface area contributed by atoms with Crippen molar-refractivity contribution in [3.05, 3.63) is 16.4 Å². The molecule has 0 unspecified atom stereocenters. The molecule has 1 rings (SSSR count). The van der Waals surface area contributed by atoms with Gasteiger partial charge in [-0.3, -0.25) is 0 Å². The normalized spacial score (nSPS) is 13.2. The second-order valence-electron chi connectivity index (χ2n) is 3.24. The van der Waals surface area contributed by atoms with Crippen LogP contribution in [0.5, 0.6) is 0 Å². The predicted molar refractivity (Wildman–Crippen MR) is 63.2 cm³/mol. The van der Waals surface area contributed by atoms with Gasteiger partial charge in [0.15, 0.2) is 0 Å². The number of rotatable bonds is 3. The number of hydrogen-bond acceptors (Lipinski definition) is 4. The molecule has 2 N–H and O–H groups in total. The van der Waals surface area contributed by atoms with E-state index in [0.29, 0.717) is 17.7 Å². The molecule has 0 atom stereocenters. The van der Waals surface area contributed by atoms with Crippen LogP contribution >= 0.6 is 0 Å². The average molecular weight is 223 g/mol. The van der Waals surface area contributed by atoms with Crippen LogP contribution in [0.3, 0.4) is 0 Å². The summed E-state index contributed by atoms with van der Waals surface area (Å²) in [6.45, 7) is 5.88. The molecule has 0 aromatic carbocycles. The van der Waals surface area contributed by atoms with Crippen LogP contribution in [0, 0.1) is 0 Å². The van der Waals surface area contributed by atoms with Crippen molar-refractivity contribution in [2.75, 3.05) is 12.3 Å². The lowest BCUT2D eigenvalue weighted by atomic mass is 10.3. The number of nitrogen functional groups attached to an aromatic ring is 1.